The van der Waals surface area contributed by atoms with Crippen molar-refractivity contribution in [2.45, 2.75) is 49.4 Å². The van der Waals surface area contributed by atoms with E-state index in [0.29, 0.717) is 30.0 Å². The van der Waals surface area contributed by atoms with Crippen LogP contribution in [0.4, 0.5) is 11.6 Å². The van der Waals surface area contributed by atoms with E-state index in [-0.39, 0.29) is 10.4 Å². The number of sulfone groups is 1. The van der Waals surface area contributed by atoms with Crippen molar-refractivity contribution in [3.05, 3.63) is 23.2 Å². The van der Waals surface area contributed by atoms with Gasteiger partial charge in [0.05, 0.1) is 15.5 Å². The average Bonchev–Trinajstić information content (AvgIpc) is 3.24. The highest BCUT2D eigenvalue weighted by atomic mass is 32.2. The van der Waals surface area contributed by atoms with E-state index in [9.17, 15) is 8.42 Å². The van der Waals surface area contributed by atoms with Gasteiger partial charge in [-0.25, -0.2) is 13.4 Å². The highest BCUT2D eigenvalue weighted by Gasteiger charge is 2.32. The summed E-state index contributed by atoms with van der Waals surface area (Å²) in [5, 5.41) is 11.5. The maximum absolute atomic E-state index is 13.0. The SMILES string of the molecule is Cc1cc(Nc2nc(S(=O)(=O)C3CCCCC3)nc3ccsc23)n[nH]1. The maximum Gasteiger partial charge on any atom is 0.249 e. The molecule has 1 fully saturated rings. The lowest BCUT2D eigenvalue weighted by Crippen LogP contribution is -2.26. The Bertz CT molecular complexity index is 1000. The van der Waals surface area contributed by atoms with Gasteiger partial charge in [-0.2, -0.15) is 10.1 Å². The number of fused-ring (bicyclic) bond motifs is 1. The molecule has 0 saturated heterocycles. The largest absolute Gasteiger partial charge is 0.322 e. The van der Waals surface area contributed by atoms with Crippen LogP contribution in [0.1, 0.15) is 37.8 Å². The first-order valence-corrected chi connectivity index (χ1v) is 10.7. The van der Waals surface area contributed by atoms with Gasteiger partial charge in [-0.05, 0) is 31.2 Å². The monoisotopic (exact) mass is 377 g/mol. The van der Waals surface area contributed by atoms with Gasteiger partial charge in [0.1, 0.15) is 0 Å². The molecule has 3 heterocycles. The standard InChI is InChI=1S/C16H19N5O2S2/c1-10-9-13(21-20-10)18-15-14-12(7-8-24-14)17-16(19-15)25(22,23)11-5-3-2-4-6-11/h7-9,11H,2-6H2,1H3,(H2,17,18,19,20,21). The molecule has 2 N–H and O–H groups in total. The van der Waals surface area contributed by atoms with Gasteiger partial charge in [-0.3, -0.25) is 5.10 Å². The van der Waals surface area contributed by atoms with Gasteiger partial charge < -0.3 is 5.32 Å². The molecule has 0 radical (unpaired) electrons. The topological polar surface area (TPSA) is 101 Å². The van der Waals surface area contributed by atoms with E-state index < -0.39 is 9.84 Å². The number of hydrogen-bond donors (Lipinski definition) is 2. The van der Waals surface area contributed by atoms with Gasteiger partial charge in [-0.15, -0.1) is 11.3 Å². The van der Waals surface area contributed by atoms with Crippen LogP contribution in [0.3, 0.4) is 0 Å². The number of H-pyrrole nitrogens is 1. The fourth-order valence-electron chi connectivity index (χ4n) is 3.18. The third kappa shape index (κ3) is 3.13. The molecule has 0 unspecified atom stereocenters. The molecule has 0 atom stereocenters. The van der Waals surface area contributed by atoms with Crippen molar-refractivity contribution in [3.63, 3.8) is 0 Å². The Labute approximate surface area is 149 Å². The van der Waals surface area contributed by atoms with Crippen LogP contribution in [0.25, 0.3) is 10.2 Å². The number of nitrogens with one attached hydrogen (secondary N) is 2. The fourth-order valence-corrected chi connectivity index (χ4v) is 5.65. The van der Waals surface area contributed by atoms with Crippen molar-refractivity contribution in [1.29, 1.82) is 0 Å². The van der Waals surface area contributed by atoms with E-state index in [0.717, 1.165) is 29.7 Å². The number of hydrogen-bond acceptors (Lipinski definition) is 7. The molecule has 25 heavy (non-hydrogen) atoms. The minimum atomic E-state index is -3.53. The van der Waals surface area contributed by atoms with Gasteiger partial charge in [0, 0.05) is 11.8 Å². The van der Waals surface area contributed by atoms with E-state index in [1.165, 1.54) is 11.3 Å². The van der Waals surface area contributed by atoms with Gasteiger partial charge in [0.25, 0.3) is 0 Å². The molecule has 0 aliphatic heterocycles. The van der Waals surface area contributed by atoms with Gasteiger partial charge in [-0.1, -0.05) is 19.3 Å². The predicted molar refractivity (Wildman–Crippen MR) is 98.1 cm³/mol. The molecule has 0 aromatic carbocycles. The molecule has 0 spiro atoms. The molecule has 7 nitrogen and oxygen atoms in total. The Kier molecular flexibility index (Phi) is 4.20. The molecule has 0 amide bonds. The summed E-state index contributed by atoms with van der Waals surface area (Å²) in [5.41, 5.74) is 1.55. The first kappa shape index (κ1) is 16.5. The summed E-state index contributed by atoms with van der Waals surface area (Å²) in [7, 11) is -3.53. The Morgan fingerprint density at radius 1 is 1.24 bits per heavy atom. The van der Waals surface area contributed by atoms with E-state index in [1.54, 1.807) is 0 Å². The van der Waals surface area contributed by atoms with Crippen LogP contribution in [0.5, 0.6) is 0 Å². The molecule has 132 valence electrons. The highest BCUT2D eigenvalue weighted by Crippen LogP contribution is 2.32. The fraction of sp³-hybridized carbons (Fsp3) is 0.438. The first-order chi connectivity index (χ1) is 12.0. The van der Waals surface area contributed by atoms with Crippen LogP contribution in [0, 0.1) is 6.92 Å². The second-order valence-corrected chi connectivity index (χ2v) is 9.39. The lowest BCUT2D eigenvalue weighted by atomic mass is 10.0. The number of thiophene rings is 1. The lowest BCUT2D eigenvalue weighted by Gasteiger charge is -2.21. The maximum atomic E-state index is 13.0. The summed E-state index contributed by atoms with van der Waals surface area (Å²) in [5.74, 6) is 1.09. The third-order valence-corrected chi connectivity index (χ3v) is 7.43. The molecule has 1 aliphatic carbocycles. The minimum Gasteiger partial charge on any atom is -0.322 e. The smallest absolute Gasteiger partial charge is 0.249 e. The Hall–Kier alpha value is -2.00. The summed E-state index contributed by atoms with van der Waals surface area (Å²) in [6, 6.07) is 3.67. The second kappa shape index (κ2) is 6.38. The zero-order valence-corrected chi connectivity index (χ0v) is 15.5. The molecule has 9 heteroatoms. The Balaban J connectivity index is 1.77. The van der Waals surface area contributed by atoms with Crippen LogP contribution in [-0.2, 0) is 9.84 Å². The molecule has 3 aromatic rings. The number of rotatable bonds is 4. The quantitative estimate of drug-likeness (QED) is 0.674. The minimum absolute atomic E-state index is 0.0833. The van der Waals surface area contributed by atoms with Crippen molar-refractivity contribution < 1.29 is 8.42 Å². The Morgan fingerprint density at radius 3 is 2.76 bits per heavy atom. The molecular formula is C16H19N5O2S2. The van der Waals surface area contributed by atoms with Crippen molar-refractivity contribution >= 4 is 43.0 Å². The molecule has 0 bridgehead atoms. The second-order valence-electron chi connectivity index (χ2n) is 6.36. The Morgan fingerprint density at radius 2 is 2.04 bits per heavy atom. The first-order valence-electron chi connectivity index (χ1n) is 8.32. The van der Waals surface area contributed by atoms with Crippen molar-refractivity contribution in [2.75, 3.05) is 5.32 Å². The zero-order chi connectivity index (χ0) is 17.4. The van der Waals surface area contributed by atoms with Gasteiger partial charge >= 0.3 is 0 Å². The zero-order valence-electron chi connectivity index (χ0n) is 13.8. The summed E-state index contributed by atoms with van der Waals surface area (Å²) in [6.07, 6.45) is 4.37. The number of aromatic amines is 1. The van der Waals surface area contributed by atoms with Crippen LogP contribution >= 0.6 is 11.3 Å². The van der Waals surface area contributed by atoms with E-state index in [1.807, 2.05) is 24.4 Å². The predicted octanol–water partition coefficient (Wildman–Crippen LogP) is 3.57. The summed E-state index contributed by atoms with van der Waals surface area (Å²) >= 11 is 1.47. The highest BCUT2D eigenvalue weighted by molar-refractivity contribution is 7.91. The normalized spacial score (nSPS) is 16.4. The molecule has 1 aliphatic rings. The molecule has 1 saturated carbocycles. The van der Waals surface area contributed by atoms with Gasteiger partial charge in [0.15, 0.2) is 11.6 Å². The number of nitrogens with zero attached hydrogens (tertiary/aromatic N) is 3. The third-order valence-electron chi connectivity index (χ3n) is 4.48. The summed E-state index contributed by atoms with van der Waals surface area (Å²) in [4.78, 5) is 8.70. The average molecular weight is 377 g/mol. The van der Waals surface area contributed by atoms with Crippen LogP contribution in [0.2, 0.25) is 0 Å². The number of aryl methyl sites for hydroxylation is 1. The van der Waals surface area contributed by atoms with E-state index in [4.69, 9.17) is 0 Å². The van der Waals surface area contributed by atoms with Crippen molar-refractivity contribution in [2.24, 2.45) is 0 Å². The molecular weight excluding hydrogens is 358 g/mol. The summed E-state index contributed by atoms with van der Waals surface area (Å²) in [6.45, 7) is 1.90. The van der Waals surface area contributed by atoms with E-state index >= 15 is 0 Å². The van der Waals surface area contributed by atoms with Crippen molar-refractivity contribution in [3.8, 4) is 0 Å². The van der Waals surface area contributed by atoms with Crippen LogP contribution in [-0.4, -0.2) is 33.8 Å². The number of aromatic nitrogens is 4. The van der Waals surface area contributed by atoms with E-state index in [2.05, 4.69) is 25.5 Å². The molecule has 4 rings (SSSR count). The van der Waals surface area contributed by atoms with Crippen LogP contribution in [0.15, 0.2) is 22.7 Å². The number of anilines is 2. The van der Waals surface area contributed by atoms with Crippen LogP contribution < -0.4 is 5.32 Å². The van der Waals surface area contributed by atoms with Gasteiger partial charge in [0.2, 0.25) is 15.0 Å². The van der Waals surface area contributed by atoms with Crippen molar-refractivity contribution in [1.82, 2.24) is 20.2 Å². The summed E-state index contributed by atoms with van der Waals surface area (Å²) < 4.78 is 26.8. The lowest BCUT2D eigenvalue weighted by molar-refractivity contribution is 0.480. The molecule has 3 aromatic heterocycles.